The van der Waals surface area contributed by atoms with Crippen LogP contribution in [0.15, 0.2) is 18.2 Å². The van der Waals surface area contributed by atoms with E-state index in [0.29, 0.717) is 36.4 Å². The van der Waals surface area contributed by atoms with Gasteiger partial charge in [0.1, 0.15) is 0 Å². The maximum absolute atomic E-state index is 12.4. The van der Waals surface area contributed by atoms with Crippen molar-refractivity contribution >= 4 is 45.0 Å². The number of likely N-dealkylation sites (tertiary alicyclic amines) is 1. The predicted octanol–water partition coefficient (Wildman–Crippen LogP) is 1.67. The molecule has 3 aliphatic heterocycles. The Bertz CT molecular complexity index is 955. The van der Waals surface area contributed by atoms with Crippen LogP contribution in [0.25, 0.3) is 0 Å². The fourth-order valence-corrected chi connectivity index (χ4v) is 7.04. The molecule has 1 atom stereocenters. The van der Waals surface area contributed by atoms with E-state index < -0.39 is 21.8 Å². The molecule has 4 rings (SSSR count). The minimum atomic E-state index is -3.39. The number of benzene rings is 1. The molecule has 2 fully saturated rings. The second-order valence-electron chi connectivity index (χ2n) is 8.94. The fourth-order valence-electron chi connectivity index (χ4n) is 4.80. The van der Waals surface area contributed by atoms with E-state index in [1.807, 2.05) is 17.8 Å². The number of thioether (sulfide) groups is 1. The Morgan fingerprint density at radius 1 is 1.12 bits per heavy atom. The number of nitrogens with zero attached hydrogens (tertiary/aromatic N) is 2. The van der Waals surface area contributed by atoms with Gasteiger partial charge in [0.25, 0.3) is 0 Å². The van der Waals surface area contributed by atoms with Crippen molar-refractivity contribution in [1.29, 1.82) is 0 Å². The molecule has 8 nitrogen and oxygen atoms in total. The molecule has 0 saturated carbocycles. The summed E-state index contributed by atoms with van der Waals surface area (Å²) < 4.78 is 25.5. The topological polar surface area (TPSA) is 98.8 Å². The van der Waals surface area contributed by atoms with Crippen LogP contribution in [0.4, 0.5) is 11.4 Å². The highest BCUT2D eigenvalue weighted by atomic mass is 32.2. The van der Waals surface area contributed by atoms with Gasteiger partial charge in [-0.05, 0) is 74.6 Å². The third-order valence-corrected chi connectivity index (χ3v) is 8.97. The maximum Gasteiger partial charge on any atom is 0.313 e. The lowest BCUT2D eigenvalue weighted by molar-refractivity contribution is -0.136. The van der Waals surface area contributed by atoms with Crippen molar-refractivity contribution in [1.82, 2.24) is 10.2 Å². The summed E-state index contributed by atoms with van der Waals surface area (Å²) in [6, 6.07) is 5.87. The first-order valence-electron chi connectivity index (χ1n) is 11.3. The van der Waals surface area contributed by atoms with Gasteiger partial charge in [-0.1, -0.05) is 6.07 Å². The zero-order chi connectivity index (χ0) is 22.7. The number of sulfonamides is 1. The molecule has 2 saturated heterocycles. The van der Waals surface area contributed by atoms with Gasteiger partial charge in [-0.25, -0.2) is 8.42 Å². The number of anilines is 2. The van der Waals surface area contributed by atoms with E-state index in [0.717, 1.165) is 44.3 Å². The number of hydrogen-bond acceptors (Lipinski definition) is 6. The van der Waals surface area contributed by atoms with Crippen molar-refractivity contribution in [3.8, 4) is 0 Å². The molecule has 0 unspecified atom stereocenters. The van der Waals surface area contributed by atoms with Crippen LogP contribution < -0.4 is 14.9 Å². The number of hydrogen-bond donors (Lipinski definition) is 2. The Morgan fingerprint density at radius 3 is 2.59 bits per heavy atom. The molecule has 3 heterocycles. The zero-order valence-corrected chi connectivity index (χ0v) is 20.1. The predicted molar refractivity (Wildman–Crippen MR) is 129 cm³/mol. The molecule has 32 heavy (non-hydrogen) atoms. The van der Waals surface area contributed by atoms with Crippen LogP contribution in [0.3, 0.4) is 0 Å². The van der Waals surface area contributed by atoms with Gasteiger partial charge < -0.3 is 10.6 Å². The number of carbonyl (C=O) groups excluding carboxylic acids is 2. The Balaban J connectivity index is 1.27. The van der Waals surface area contributed by atoms with E-state index in [1.165, 1.54) is 28.5 Å². The number of rotatable bonds is 5. The molecule has 1 aromatic carbocycles. The van der Waals surface area contributed by atoms with Crippen LogP contribution in [0, 0.1) is 5.92 Å². The standard InChI is InChI=1S/C22H32N4O4S2/c1-32(29,30)26-9-2-3-17-4-5-18(13-20(17)26)24-22(28)21(27)23-14-16-6-10-25(11-7-16)19-8-12-31-15-19/h4-5,13,16,19H,2-3,6-12,14-15H2,1H3,(H,23,27)(H,24,28)/t19-/m0/s1. The number of amides is 2. The Hall–Kier alpha value is -1.78. The Labute approximate surface area is 194 Å². The van der Waals surface area contributed by atoms with Crippen LogP contribution in [0.2, 0.25) is 0 Å². The summed E-state index contributed by atoms with van der Waals surface area (Å²) in [6.07, 6.45) is 6.07. The quantitative estimate of drug-likeness (QED) is 0.622. The van der Waals surface area contributed by atoms with E-state index in [4.69, 9.17) is 0 Å². The lowest BCUT2D eigenvalue weighted by Gasteiger charge is -2.35. The summed E-state index contributed by atoms with van der Waals surface area (Å²) >= 11 is 2.03. The molecule has 2 amide bonds. The van der Waals surface area contributed by atoms with Crippen molar-refractivity contribution in [3.05, 3.63) is 23.8 Å². The molecule has 10 heteroatoms. The molecule has 0 spiro atoms. The summed E-state index contributed by atoms with van der Waals surface area (Å²) in [6.45, 7) is 3.04. The van der Waals surface area contributed by atoms with E-state index in [2.05, 4.69) is 15.5 Å². The van der Waals surface area contributed by atoms with E-state index >= 15 is 0 Å². The third kappa shape index (κ3) is 5.58. The largest absolute Gasteiger partial charge is 0.348 e. The van der Waals surface area contributed by atoms with Crippen LogP contribution >= 0.6 is 11.8 Å². The van der Waals surface area contributed by atoms with Gasteiger partial charge >= 0.3 is 11.8 Å². The van der Waals surface area contributed by atoms with Gasteiger partial charge in [0.05, 0.1) is 11.9 Å². The Morgan fingerprint density at radius 2 is 1.91 bits per heavy atom. The summed E-state index contributed by atoms with van der Waals surface area (Å²) in [4.78, 5) is 27.3. The molecular weight excluding hydrogens is 448 g/mol. The molecule has 0 aromatic heterocycles. The van der Waals surface area contributed by atoms with E-state index in [9.17, 15) is 18.0 Å². The first-order valence-corrected chi connectivity index (χ1v) is 14.3. The second-order valence-corrected chi connectivity index (χ2v) is 12.0. The average molecular weight is 481 g/mol. The second kappa shape index (κ2) is 10.0. The number of aryl methyl sites for hydroxylation is 1. The smallest absolute Gasteiger partial charge is 0.313 e. The first-order chi connectivity index (χ1) is 15.3. The highest BCUT2D eigenvalue weighted by molar-refractivity contribution is 7.99. The molecule has 0 bridgehead atoms. The normalized spacial score (nSPS) is 22.4. The van der Waals surface area contributed by atoms with Gasteiger partial charge in [0.2, 0.25) is 10.0 Å². The SMILES string of the molecule is CS(=O)(=O)N1CCCc2ccc(NC(=O)C(=O)NCC3CCN([C@H]4CCSC4)CC3)cc21. The van der Waals surface area contributed by atoms with E-state index in [-0.39, 0.29) is 0 Å². The third-order valence-electron chi connectivity index (χ3n) is 6.65. The van der Waals surface area contributed by atoms with Crippen LogP contribution in [-0.2, 0) is 26.0 Å². The van der Waals surface area contributed by atoms with E-state index in [1.54, 1.807) is 12.1 Å². The van der Waals surface area contributed by atoms with Crippen LogP contribution in [0.5, 0.6) is 0 Å². The van der Waals surface area contributed by atoms with Gasteiger partial charge in [0, 0.05) is 30.6 Å². The summed E-state index contributed by atoms with van der Waals surface area (Å²) in [5.74, 6) is 1.49. The van der Waals surface area contributed by atoms with Gasteiger partial charge in [0.15, 0.2) is 0 Å². The highest BCUT2D eigenvalue weighted by Crippen LogP contribution is 2.31. The number of piperidine rings is 1. The van der Waals surface area contributed by atoms with Crippen molar-refractivity contribution < 1.29 is 18.0 Å². The summed E-state index contributed by atoms with van der Waals surface area (Å²) in [7, 11) is -3.39. The number of nitrogens with one attached hydrogen (secondary N) is 2. The average Bonchev–Trinajstić information content (AvgIpc) is 3.31. The molecule has 2 N–H and O–H groups in total. The van der Waals surface area contributed by atoms with Crippen molar-refractivity contribution in [2.24, 2.45) is 5.92 Å². The molecule has 1 aromatic rings. The first kappa shape index (κ1) is 23.4. The number of fused-ring (bicyclic) bond motifs is 1. The monoisotopic (exact) mass is 480 g/mol. The molecular formula is C22H32N4O4S2. The van der Waals surface area contributed by atoms with Gasteiger partial charge in [-0.2, -0.15) is 11.8 Å². The zero-order valence-electron chi connectivity index (χ0n) is 18.5. The molecule has 0 radical (unpaired) electrons. The maximum atomic E-state index is 12.4. The lowest BCUT2D eigenvalue weighted by Crippen LogP contribution is -2.45. The lowest BCUT2D eigenvalue weighted by atomic mass is 9.95. The summed E-state index contributed by atoms with van der Waals surface area (Å²) in [5.41, 5.74) is 1.92. The number of carbonyl (C=O) groups is 2. The van der Waals surface area contributed by atoms with Crippen molar-refractivity contribution in [3.63, 3.8) is 0 Å². The molecule has 0 aliphatic carbocycles. The minimum absolute atomic E-state index is 0.393. The van der Waals surface area contributed by atoms with Crippen LogP contribution in [-0.4, -0.2) is 75.1 Å². The fraction of sp³-hybridized carbons (Fsp3) is 0.636. The highest BCUT2D eigenvalue weighted by Gasteiger charge is 2.28. The van der Waals surface area contributed by atoms with Crippen LogP contribution in [0.1, 0.15) is 31.2 Å². The Kier molecular flexibility index (Phi) is 7.31. The molecule has 176 valence electrons. The van der Waals surface area contributed by atoms with Gasteiger partial charge in [-0.15, -0.1) is 0 Å². The minimum Gasteiger partial charge on any atom is -0.348 e. The van der Waals surface area contributed by atoms with Crippen molar-refractivity contribution in [2.75, 3.05) is 53.6 Å². The van der Waals surface area contributed by atoms with Gasteiger partial charge in [-0.3, -0.25) is 18.8 Å². The van der Waals surface area contributed by atoms with Crippen molar-refractivity contribution in [2.45, 2.75) is 38.1 Å². The molecule has 3 aliphatic rings. The summed E-state index contributed by atoms with van der Waals surface area (Å²) in [5, 5.41) is 5.38.